The van der Waals surface area contributed by atoms with Crippen LogP contribution in [0.25, 0.3) is 11.0 Å². The first-order chi connectivity index (χ1) is 17.6. The molecule has 2 aliphatic rings. The van der Waals surface area contributed by atoms with Crippen molar-refractivity contribution in [2.24, 2.45) is 5.92 Å². The molecule has 0 N–H and O–H groups in total. The molecule has 0 radical (unpaired) electrons. The van der Waals surface area contributed by atoms with Gasteiger partial charge in [-0.1, -0.05) is 18.2 Å². The smallest absolute Gasteiger partial charge is 0.227 e. The minimum Gasteiger partial charge on any atom is -0.493 e. The van der Waals surface area contributed by atoms with E-state index in [1.54, 1.807) is 14.2 Å². The lowest BCUT2D eigenvalue weighted by Gasteiger charge is -2.35. The number of para-hydroxylation sites is 1. The Morgan fingerprint density at radius 1 is 1.00 bits per heavy atom. The molecule has 6 heteroatoms. The topological polar surface area (TPSA) is 55.2 Å². The molecule has 0 spiro atoms. The zero-order chi connectivity index (χ0) is 24.9. The minimum atomic E-state index is 0.226. The Bertz CT molecular complexity index is 1150. The number of hydrogen-bond donors (Lipinski definition) is 0. The Kier molecular flexibility index (Phi) is 7.81. The van der Waals surface area contributed by atoms with Gasteiger partial charge in [0.1, 0.15) is 11.3 Å². The fourth-order valence-corrected chi connectivity index (χ4v) is 5.82. The second-order valence-electron chi connectivity index (χ2n) is 10.3. The fraction of sp³-hybridized carbons (Fsp3) is 0.500. The van der Waals surface area contributed by atoms with E-state index in [4.69, 9.17) is 13.9 Å². The number of hydrogen-bond acceptors (Lipinski definition) is 5. The maximum absolute atomic E-state index is 13.1. The number of furan rings is 1. The van der Waals surface area contributed by atoms with Crippen LogP contribution in [0, 0.1) is 5.92 Å². The van der Waals surface area contributed by atoms with Gasteiger partial charge in [0.05, 0.1) is 20.6 Å². The van der Waals surface area contributed by atoms with Gasteiger partial charge in [0, 0.05) is 31.4 Å². The van der Waals surface area contributed by atoms with E-state index < -0.39 is 0 Å². The molecule has 192 valence electrons. The van der Waals surface area contributed by atoms with E-state index in [1.165, 1.54) is 36.8 Å². The van der Waals surface area contributed by atoms with Crippen LogP contribution in [-0.4, -0.2) is 62.7 Å². The number of nitrogens with zero attached hydrogens (tertiary/aromatic N) is 2. The second kappa shape index (κ2) is 11.4. The van der Waals surface area contributed by atoms with Crippen LogP contribution in [0.4, 0.5) is 0 Å². The summed E-state index contributed by atoms with van der Waals surface area (Å²) in [7, 11) is 3.30. The Morgan fingerprint density at radius 3 is 2.61 bits per heavy atom. The summed E-state index contributed by atoms with van der Waals surface area (Å²) >= 11 is 0. The van der Waals surface area contributed by atoms with Crippen molar-refractivity contribution in [1.82, 2.24) is 9.80 Å². The second-order valence-corrected chi connectivity index (χ2v) is 10.3. The highest BCUT2D eigenvalue weighted by atomic mass is 16.5. The van der Waals surface area contributed by atoms with E-state index in [0.29, 0.717) is 18.1 Å². The molecule has 1 unspecified atom stereocenters. The summed E-state index contributed by atoms with van der Waals surface area (Å²) in [5.74, 6) is 3.29. The number of rotatable bonds is 9. The molecular weight excluding hydrogens is 452 g/mol. The first-order valence-corrected chi connectivity index (χ1v) is 13.3. The van der Waals surface area contributed by atoms with E-state index >= 15 is 0 Å². The fourth-order valence-electron chi connectivity index (χ4n) is 5.82. The van der Waals surface area contributed by atoms with Crippen LogP contribution in [0.5, 0.6) is 11.5 Å². The summed E-state index contributed by atoms with van der Waals surface area (Å²) in [6.07, 6.45) is 7.01. The van der Waals surface area contributed by atoms with Gasteiger partial charge in [0.15, 0.2) is 11.5 Å². The van der Waals surface area contributed by atoms with Gasteiger partial charge in [-0.15, -0.1) is 0 Å². The molecule has 0 saturated carbocycles. The number of methoxy groups -OCH3 is 2. The summed E-state index contributed by atoms with van der Waals surface area (Å²) in [6, 6.07) is 14.4. The number of fused-ring (bicyclic) bond motifs is 2. The summed E-state index contributed by atoms with van der Waals surface area (Å²) in [5, 5.41) is 1.19. The van der Waals surface area contributed by atoms with Gasteiger partial charge in [-0.25, -0.2) is 0 Å². The Morgan fingerprint density at radius 2 is 1.81 bits per heavy atom. The number of likely N-dealkylation sites (tertiary alicyclic amines) is 1. The summed E-state index contributed by atoms with van der Waals surface area (Å²) in [4.78, 5) is 17.8. The lowest BCUT2D eigenvalue weighted by atomic mass is 9.97. The van der Waals surface area contributed by atoms with Crippen LogP contribution in [0.1, 0.15) is 42.6 Å². The van der Waals surface area contributed by atoms with Crippen molar-refractivity contribution in [1.29, 1.82) is 0 Å². The summed E-state index contributed by atoms with van der Waals surface area (Å²) in [5.41, 5.74) is 3.24. The number of amides is 1. The van der Waals surface area contributed by atoms with E-state index in [1.807, 2.05) is 24.3 Å². The number of benzene rings is 2. The highest BCUT2D eigenvalue weighted by Gasteiger charge is 2.27. The predicted molar refractivity (Wildman–Crippen MR) is 142 cm³/mol. The monoisotopic (exact) mass is 490 g/mol. The number of unbranched alkanes of at least 4 members (excludes halogenated alkanes) is 1. The van der Waals surface area contributed by atoms with Crippen LogP contribution in [-0.2, 0) is 24.1 Å². The zero-order valence-corrected chi connectivity index (χ0v) is 21.6. The molecule has 0 bridgehead atoms. The highest BCUT2D eigenvalue weighted by molar-refractivity contribution is 5.80. The normalized spacial score (nSPS) is 18.8. The molecule has 1 amide bonds. The van der Waals surface area contributed by atoms with Crippen molar-refractivity contribution in [3.8, 4) is 11.5 Å². The Balaban J connectivity index is 1.10. The van der Waals surface area contributed by atoms with Crippen LogP contribution < -0.4 is 9.47 Å². The van der Waals surface area contributed by atoms with Gasteiger partial charge in [-0.2, -0.15) is 0 Å². The minimum absolute atomic E-state index is 0.226. The van der Waals surface area contributed by atoms with Crippen molar-refractivity contribution in [3.05, 3.63) is 59.4 Å². The third-order valence-corrected chi connectivity index (χ3v) is 7.76. The quantitative estimate of drug-likeness (QED) is 0.390. The van der Waals surface area contributed by atoms with Crippen LogP contribution >= 0.6 is 0 Å². The number of ether oxygens (including phenoxy) is 2. The maximum Gasteiger partial charge on any atom is 0.227 e. The lowest BCUT2D eigenvalue weighted by molar-refractivity contribution is -0.131. The molecule has 3 heterocycles. The standard InChI is InChI=1S/C30H38N2O4/c1-34-28-17-23-12-15-32(30(33)19-25(23)18-29(28)35-2)21-22-8-7-14-31(20-22)13-6-5-10-26-16-24-9-3-4-11-27(24)36-26/h3-4,9,11,16-18,22H,5-8,10,12-15,19-21H2,1-2H3. The third-order valence-electron chi connectivity index (χ3n) is 7.76. The first-order valence-electron chi connectivity index (χ1n) is 13.3. The maximum atomic E-state index is 13.1. The molecule has 36 heavy (non-hydrogen) atoms. The molecule has 1 fully saturated rings. The summed E-state index contributed by atoms with van der Waals surface area (Å²) in [6.45, 7) is 5.00. The summed E-state index contributed by atoms with van der Waals surface area (Å²) < 4.78 is 16.9. The molecule has 3 aromatic rings. The van der Waals surface area contributed by atoms with Crippen molar-refractivity contribution in [3.63, 3.8) is 0 Å². The number of carbonyl (C=O) groups excluding carboxylic acids is 1. The molecule has 1 aromatic heterocycles. The molecule has 2 aromatic carbocycles. The molecule has 1 saturated heterocycles. The highest BCUT2D eigenvalue weighted by Crippen LogP contribution is 2.33. The molecule has 2 aliphatic heterocycles. The van der Waals surface area contributed by atoms with Crippen molar-refractivity contribution in [2.75, 3.05) is 46.9 Å². The molecular formula is C30H38N2O4. The molecule has 6 nitrogen and oxygen atoms in total. The van der Waals surface area contributed by atoms with Gasteiger partial charge in [0.25, 0.3) is 0 Å². The van der Waals surface area contributed by atoms with Crippen molar-refractivity contribution < 1.29 is 18.7 Å². The van der Waals surface area contributed by atoms with Crippen LogP contribution in [0.15, 0.2) is 46.9 Å². The van der Waals surface area contributed by atoms with Gasteiger partial charge >= 0.3 is 0 Å². The number of aryl methyl sites for hydroxylation is 1. The van der Waals surface area contributed by atoms with Gasteiger partial charge in [0.2, 0.25) is 5.91 Å². The van der Waals surface area contributed by atoms with Crippen LogP contribution in [0.3, 0.4) is 0 Å². The average molecular weight is 491 g/mol. The number of carbonyl (C=O) groups is 1. The van der Waals surface area contributed by atoms with Crippen LogP contribution in [0.2, 0.25) is 0 Å². The average Bonchev–Trinajstić information content (AvgIpc) is 3.25. The lowest BCUT2D eigenvalue weighted by Crippen LogP contribution is -2.43. The van der Waals surface area contributed by atoms with Crippen molar-refractivity contribution in [2.45, 2.75) is 44.9 Å². The largest absolute Gasteiger partial charge is 0.493 e. The third kappa shape index (κ3) is 5.70. The first kappa shape index (κ1) is 24.7. The van der Waals surface area contributed by atoms with Gasteiger partial charge in [-0.3, -0.25) is 4.79 Å². The van der Waals surface area contributed by atoms with E-state index in [0.717, 1.165) is 68.1 Å². The molecule has 1 atom stereocenters. The Labute approximate surface area is 214 Å². The van der Waals surface area contributed by atoms with E-state index in [9.17, 15) is 4.79 Å². The van der Waals surface area contributed by atoms with Gasteiger partial charge in [-0.05, 0) is 86.5 Å². The zero-order valence-electron chi connectivity index (χ0n) is 21.6. The Hall–Kier alpha value is -2.99. The van der Waals surface area contributed by atoms with Gasteiger partial charge < -0.3 is 23.7 Å². The molecule has 0 aliphatic carbocycles. The number of piperidine rings is 1. The predicted octanol–water partition coefficient (Wildman–Crippen LogP) is 5.11. The van der Waals surface area contributed by atoms with E-state index in [2.05, 4.69) is 28.0 Å². The van der Waals surface area contributed by atoms with E-state index in [-0.39, 0.29) is 5.91 Å². The SMILES string of the molecule is COc1cc2c(cc1OC)CC(=O)N(CC1CCCN(CCCCc3cc4ccccc4o3)C1)CC2. The van der Waals surface area contributed by atoms with Crippen molar-refractivity contribution >= 4 is 16.9 Å². The molecule has 5 rings (SSSR count).